The maximum atomic E-state index is 12.0. The van der Waals surface area contributed by atoms with E-state index >= 15 is 0 Å². The molecule has 0 fully saturated rings. The zero-order chi connectivity index (χ0) is 15.9. The van der Waals surface area contributed by atoms with Gasteiger partial charge in [0.15, 0.2) is 0 Å². The van der Waals surface area contributed by atoms with Crippen LogP contribution in [0.15, 0.2) is 23.1 Å². The number of hydrogen-bond donors (Lipinski definition) is 2. The Hall–Kier alpha value is -1.66. The van der Waals surface area contributed by atoms with Crippen molar-refractivity contribution in [3.8, 4) is 6.07 Å². The molecule has 0 saturated heterocycles. The highest BCUT2D eigenvalue weighted by Crippen LogP contribution is 2.22. The first-order valence-corrected chi connectivity index (χ1v) is 7.72. The number of hydrogen-bond acceptors (Lipinski definition) is 5. The molecule has 9 heteroatoms. The van der Waals surface area contributed by atoms with Crippen LogP contribution in [0.2, 0.25) is 5.02 Å². The number of carbonyl (C=O) groups is 1. The molecule has 0 aromatic heterocycles. The normalized spacial score (nSPS) is 10.9. The first kappa shape index (κ1) is 17.4. The number of nitrogens with one attached hydrogen (secondary N) is 2. The number of amides is 1. The average molecular weight is 332 g/mol. The van der Waals surface area contributed by atoms with Gasteiger partial charge in [-0.1, -0.05) is 11.6 Å². The predicted octanol–water partition coefficient (Wildman–Crippen LogP) is 0.253. The minimum Gasteiger partial charge on any atom is -0.383 e. The molecule has 0 aliphatic carbocycles. The van der Waals surface area contributed by atoms with Gasteiger partial charge >= 0.3 is 0 Å². The van der Waals surface area contributed by atoms with Crippen LogP contribution >= 0.6 is 11.6 Å². The molecule has 0 saturated carbocycles. The summed E-state index contributed by atoms with van der Waals surface area (Å²) in [5, 5.41) is 11.2. The van der Waals surface area contributed by atoms with E-state index in [-0.39, 0.29) is 22.0 Å². The molecule has 7 nitrogen and oxygen atoms in total. The SMILES string of the molecule is COCCNC(=O)CNS(=O)(=O)c1cc(C#N)ccc1Cl. The molecule has 0 spiro atoms. The van der Waals surface area contributed by atoms with E-state index in [0.717, 1.165) is 6.07 Å². The fourth-order valence-electron chi connectivity index (χ4n) is 1.37. The minimum atomic E-state index is -3.97. The van der Waals surface area contributed by atoms with Crippen molar-refractivity contribution >= 4 is 27.5 Å². The molecule has 0 atom stereocenters. The summed E-state index contributed by atoms with van der Waals surface area (Å²) in [6.07, 6.45) is 0. The molecule has 0 aliphatic rings. The zero-order valence-corrected chi connectivity index (χ0v) is 12.8. The molecule has 1 aromatic carbocycles. The molecule has 0 heterocycles. The molecular weight excluding hydrogens is 318 g/mol. The Kier molecular flexibility index (Phi) is 6.58. The van der Waals surface area contributed by atoms with E-state index in [2.05, 4.69) is 10.0 Å². The number of nitrogens with zero attached hydrogens (tertiary/aromatic N) is 1. The molecule has 1 rings (SSSR count). The average Bonchev–Trinajstić information content (AvgIpc) is 2.46. The van der Waals surface area contributed by atoms with Gasteiger partial charge in [0.2, 0.25) is 15.9 Å². The van der Waals surface area contributed by atoms with Crippen molar-refractivity contribution in [3.63, 3.8) is 0 Å². The summed E-state index contributed by atoms with van der Waals surface area (Å²) in [6, 6.07) is 5.68. The Labute approximate surface area is 127 Å². The second-order valence-corrected chi connectivity index (χ2v) is 6.07. The molecule has 0 unspecified atom stereocenters. The van der Waals surface area contributed by atoms with E-state index in [1.54, 1.807) is 0 Å². The van der Waals surface area contributed by atoms with Crippen molar-refractivity contribution in [3.05, 3.63) is 28.8 Å². The molecule has 1 aromatic rings. The van der Waals surface area contributed by atoms with Gasteiger partial charge < -0.3 is 10.1 Å². The first-order chi connectivity index (χ1) is 9.90. The third-order valence-corrected chi connectivity index (χ3v) is 4.28. The number of sulfonamides is 1. The van der Waals surface area contributed by atoms with Gasteiger partial charge in [-0.3, -0.25) is 4.79 Å². The summed E-state index contributed by atoms with van der Waals surface area (Å²) in [5.41, 5.74) is 0.157. The van der Waals surface area contributed by atoms with Crippen molar-refractivity contribution in [2.45, 2.75) is 4.90 Å². The van der Waals surface area contributed by atoms with Crippen LogP contribution in [-0.4, -0.2) is 41.1 Å². The lowest BCUT2D eigenvalue weighted by molar-refractivity contribution is -0.120. The van der Waals surface area contributed by atoms with Gasteiger partial charge in [0.25, 0.3) is 0 Å². The van der Waals surface area contributed by atoms with Crippen LogP contribution in [0.5, 0.6) is 0 Å². The highest BCUT2D eigenvalue weighted by molar-refractivity contribution is 7.89. The van der Waals surface area contributed by atoms with E-state index in [1.165, 1.54) is 19.2 Å². The highest BCUT2D eigenvalue weighted by atomic mass is 35.5. The summed E-state index contributed by atoms with van der Waals surface area (Å²) in [6.45, 7) is 0.176. The lowest BCUT2D eigenvalue weighted by Gasteiger charge is -2.09. The number of benzene rings is 1. The van der Waals surface area contributed by atoms with Crippen molar-refractivity contribution in [1.29, 1.82) is 5.26 Å². The topological polar surface area (TPSA) is 108 Å². The van der Waals surface area contributed by atoms with Gasteiger partial charge in [-0.05, 0) is 18.2 Å². The molecule has 0 radical (unpaired) electrons. The second-order valence-electron chi connectivity index (χ2n) is 3.92. The number of methoxy groups -OCH3 is 1. The molecule has 114 valence electrons. The maximum absolute atomic E-state index is 12.0. The van der Waals surface area contributed by atoms with Crippen LogP contribution in [0.25, 0.3) is 0 Å². The first-order valence-electron chi connectivity index (χ1n) is 5.85. The standard InChI is InChI=1S/C12H14ClN3O4S/c1-20-5-4-15-12(17)8-16-21(18,19)11-6-9(7-14)2-3-10(11)13/h2-3,6,16H,4-5,8H2,1H3,(H,15,17). The zero-order valence-electron chi connectivity index (χ0n) is 11.2. The second kappa shape index (κ2) is 7.95. The van der Waals surface area contributed by atoms with Gasteiger partial charge in [0, 0.05) is 13.7 Å². The third-order valence-electron chi connectivity index (χ3n) is 2.40. The number of halogens is 1. The van der Waals surface area contributed by atoms with Gasteiger partial charge in [0.05, 0.1) is 29.8 Å². The molecule has 0 bridgehead atoms. The summed E-state index contributed by atoms with van der Waals surface area (Å²) >= 11 is 5.81. The van der Waals surface area contributed by atoms with Crippen molar-refractivity contribution in [2.75, 3.05) is 26.8 Å². The summed E-state index contributed by atoms with van der Waals surface area (Å²) < 4.78 is 31.0. The molecule has 1 amide bonds. The van der Waals surface area contributed by atoms with Crippen LogP contribution in [0.1, 0.15) is 5.56 Å². The number of ether oxygens (including phenoxy) is 1. The van der Waals surface area contributed by atoms with Gasteiger partial charge in [-0.25, -0.2) is 13.1 Å². The summed E-state index contributed by atoms with van der Waals surface area (Å²) in [4.78, 5) is 11.2. The van der Waals surface area contributed by atoms with Crippen LogP contribution in [0.3, 0.4) is 0 Å². The number of rotatable bonds is 7. The summed E-state index contributed by atoms with van der Waals surface area (Å²) in [5.74, 6) is -0.497. The van der Waals surface area contributed by atoms with Crippen molar-refractivity contribution < 1.29 is 17.9 Å². The Morgan fingerprint density at radius 3 is 2.81 bits per heavy atom. The van der Waals surface area contributed by atoms with Crippen LogP contribution in [-0.2, 0) is 19.6 Å². The smallest absolute Gasteiger partial charge is 0.242 e. The quantitative estimate of drug-likeness (QED) is 0.696. The van der Waals surface area contributed by atoms with E-state index in [4.69, 9.17) is 21.6 Å². The van der Waals surface area contributed by atoms with Gasteiger partial charge in [-0.2, -0.15) is 5.26 Å². The largest absolute Gasteiger partial charge is 0.383 e. The Bertz CT molecular complexity index is 655. The van der Waals surface area contributed by atoms with E-state index < -0.39 is 22.5 Å². The fourth-order valence-corrected chi connectivity index (χ4v) is 2.88. The number of carbonyl (C=O) groups excluding carboxylic acids is 1. The van der Waals surface area contributed by atoms with Crippen molar-refractivity contribution in [1.82, 2.24) is 10.0 Å². The Morgan fingerprint density at radius 1 is 1.48 bits per heavy atom. The number of nitriles is 1. The minimum absolute atomic E-state index is 0.0266. The monoisotopic (exact) mass is 331 g/mol. The maximum Gasteiger partial charge on any atom is 0.242 e. The molecule has 21 heavy (non-hydrogen) atoms. The van der Waals surface area contributed by atoms with E-state index in [0.29, 0.717) is 6.61 Å². The lowest BCUT2D eigenvalue weighted by atomic mass is 10.2. The molecule has 0 aliphatic heterocycles. The van der Waals surface area contributed by atoms with E-state index in [9.17, 15) is 13.2 Å². The fraction of sp³-hybridized carbons (Fsp3) is 0.333. The Morgan fingerprint density at radius 2 is 2.19 bits per heavy atom. The molecular formula is C12H14ClN3O4S. The Balaban J connectivity index is 2.74. The van der Waals surface area contributed by atoms with Crippen LogP contribution < -0.4 is 10.0 Å². The van der Waals surface area contributed by atoms with Crippen LogP contribution in [0, 0.1) is 11.3 Å². The predicted molar refractivity (Wildman–Crippen MR) is 76.2 cm³/mol. The molecule has 2 N–H and O–H groups in total. The van der Waals surface area contributed by atoms with Gasteiger partial charge in [-0.15, -0.1) is 0 Å². The van der Waals surface area contributed by atoms with E-state index in [1.807, 2.05) is 6.07 Å². The van der Waals surface area contributed by atoms with Crippen molar-refractivity contribution in [2.24, 2.45) is 0 Å². The summed E-state index contributed by atoms with van der Waals surface area (Å²) in [7, 11) is -2.49. The third kappa shape index (κ3) is 5.32. The van der Waals surface area contributed by atoms with Crippen LogP contribution in [0.4, 0.5) is 0 Å². The highest BCUT2D eigenvalue weighted by Gasteiger charge is 2.19. The van der Waals surface area contributed by atoms with Gasteiger partial charge in [0.1, 0.15) is 4.90 Å². The lowest BCUT2D eigenvalue weighted by Crippen LogP contribution is -2.38.